The molecule has 0 heterocycles. The zero-order valence-corrected chi connectivity index (χ0v) is 15.6. The SMILES string of the molecule is COc1ccc(C2=C(Br)CCc3c2ccc(OC)c3Br)cc1. The zero-order valence-electron chi connectivity index (χ0n) is 12.5. The molecule has 0 amide bonds. The van der Waals surface area contributed by atoms with Gasteiger partial charge in [-0.1, -0.05) is 34.1 Å². The highest BCUT2D eigenvalue weighted by Gasteiger charge is 2.22. The Kier molecular flexibility index (Phi) is 4.59. The first kappa shape index (κ1) is 15.6. The van der Waals surface area contributed by atoms with Crippen LogP contribution >= 0.6 is 31.9 Å². The van der Waals surface area contributed by atoms with Crippen LogP contribution in [0, 0.1) is 0 Å². The summed E-state index contributed by atoms with van der Waals surface area (Å²) in [4.78, 5) is 0. The van der Waals surface area contributed by atoms with E-state index >= 15 is 0 Å². The summed E-state index contributed by atoms with van der Waals surface area (Å²) in [6.45, 7) is 0. The second kappa shape index (κ2) is 6.47. The summed E-state index contributed by atoms with van der Waals surface area (Å²) in [5.41, 5.74) is 4.97. The van der Waals surface area contributed by atoms with Crippen LogP contribution in [-0.2, 0) is 6.42 Å². The summed E-state index contributed by atoms with van der Waals surface area (Å²) in [5.74, 6) is 1.75. The molecule has 2 aromatic carbocycles. The van der Waals surface area contributed by atoms with Crippen LogP contribution in [0.2, 0.25) is 0 Å². The van der Waals surface area contributed by atoms with Gasteiger partial charge in [0.25, 0.3) is 0 Å². The highest BCUT2D eigenvalue weighted by Crippen LogP contribution is 2.43. The Morgan fingerprint density at radius 1 is 0.864 bits per heavy atom. The number of rotatable bonds is 3. The van der Waals surface area contributed by atoms with E-state index < -0.39 is 0 Å². The molecule has 114 valence electrons. The lowest BCUT2D eigenvalue weighted by Crippen LogP contribution is -2.05. The van der Waals surface area contributed by atoms with Gasteiger partial charge in [-0.2, -0.15) is 0 Å². The molecule has 4 heteroatoms. The van der Waals surface area contributed by atoms with Crippen molar-refractivity contribution in [3.8, 4) is 11.5 Å². The fourth-order valence-corrected chi connectivity index (χ4v) is 4.16. The molecule has 0 spiro atoms. The van der Waals surface area contributed by atoms with Crippen LogP contribution in [-0.4, -0.2) is 14.2 Å². The van der Waals surface area contributed by atoms with Crippen molar-refractivity contribution in [3.63, 3.8) is 0 Å². The van der Waals surface area contributed by atoms with Gasteiger partial charge in [-0.25, -0.2) is 0 Å². The van der Waals surface area contributed by atoms with E-state index in [1.54, 1.807) is 14.2 Å². The molecular formula is C18H16Br2O2. The van der Waals surface area contributed by atoms with Gasteiger partial charge in [0.05, 0.1) is 18.7 Å². The smallest absolute Gasteiger partial charge is 0.133 e. The van der Waals surface area contributed by atoms with Crippen LogP contribution in [0.5, 0.6) is 11.5 Å². The summed E-state index contributed by atoms with van der Waals surface area (Å²) in [6.07, 6.45) is 1.98. The minimum absolute atomic E-state index is 0.868. The van der Waals surface area contributed by atoms with E-state index in [0.29, 0.717) is 0 Å². The van der Waals surface area contributed by atoms with Gasteiger partial charge in [0.2, 0.25) is 0 Å². The molecule has 0 saturated carbocycles. The van der Waals surface area contributed by atoms with Crippen molar-refractivity contribution in [2.24, 2.45) is 0 Å². The predicted octanol–water partition coefficient (Wildman–Crippen LogP) is 5.57. The van der Waals surface area contributed by atoms with Gasteiger partial charge in [-0.15, -0.1) is 0 Å². The zero-order chi connectivity index (χ0) is 15.7. The Morgan fingerprint density at radius 2 is 1.59 bits per heavy atom. The number of allylic oxidation sites excluding steroid dienone is 1. The van der Waals surface area contributed by atoms with Crippen molar-refractivity contribution in [2.45, 2.75) is 12.8 Å². The molecule has 1 aliphatic rings. The first-order chi connectivity index (χ1) is 10.7. The average molecular weight is 424 g/mol. The Labute approximate surface area is 147 Å². The quantitative estimate of drug-likeness (QED) is 0.642. The molecule has 3 rings (SSSR count). The van der Waals surface area contributed by atoms with Crippen LogP contribution in [0.15, 0.2) is 45.4 Å². The first-order valence-electron chi connectivity index (χ1n) is 7.04. The van der Waals surface area contributed by atoms with Crippen LogP contribution in [0.1, 0.15) is 23.1 Å². The van der Waals surface area contributed by atoms with Gasteiger partial charge in [-0.3, -0.25) is 0 Å². The van der Waals surface area contributed by atoms with Crippen molar-refractivity contribution in [1.82, 2.24) is 0 Å². The van der Waals surface area contributed by atoms with Crippen molar-refractivity contribution in [3.05, 3.63) is 62.0 Å². The highest BCUT2D eigenvalue weighted by atomic mass is 79.9. The van der Waals surface area contributed by atoms with E-state index in [1.165, 1.54) is 26.7 Å². The van der Waals surface area contributed by atoms with Crippen molar-refractivity contribution >= 4 is 37.4 Å². The third-order valence-electron chi connectivity index (χ3n) is 3.94. The van der Waals surface area contributed by atoms with Gasteiger partial charge in [0, 0.05) is 4.48 Å². The molecule has 0 radical (unpaired) electrons. The van der Waals surface area contributed by atoms with E-state index in [2.05, 4.69) is 50.1 Å². The van der Waals surface area contributed by atoms with Crippen LogP contribution in [0.3, 0.4) is 0 Å². The maximum Gasteiger partial charge on any atom is 0.133 e. The number of fused-ring (bicyclic) bond motifs is 1. The molecule has 0 bridgehead atoms. The summed E-state index contributed by atoms with van der Waals surface area (Å²) in [7, 11) is 3.38. The van der Waals surface area contributed by atoms with E-state index in [0.717, 1.165) is 28.8 Å². The molecular weight excluding hydrogens is 408 g/mol. The lowest BCUT2D eigenvalue weighted by atomic mass is 9.87. The minimum Gasteiger partial charge on any atom is -0.497 e. The van der Waals surface area contributed by atoms with E-state index in [-0.39, 0.29) is 0 Å². The van der Waals surface area contributed by atoms with Crippen molar-refractivity contribution in [1.29, 1.82) is 0 Å². The van der Waals surface area contributed by atoms with Gasteiger partial charge in [0.15, 0.2) is 0 Å². The van der Waals surface area contributed by atoms with E-state index in [9.17, 15) is 0 Å². The first-order valence-corrected chi connectivity index (χ1v) is 8.63. The number of ether oxygens (including phenoxy) is 2. The highest BCUT2D eigenvalue weighted by molar-refractivity contribution is 9.11. The Hall–Kier alpha value is -1.26. The molecule has 2 aromatic rings. The van der Waals surface area contributed by atoms with Crippen LogP contribution in [0.25, 0.3) is 5.57 Å². The molecule has 22 heavy (non-hydrogen) atoms. The number of halogens is 2. The molecule has 2 nitrogen and oxygen atoms in total. The molecule has 0 saturated heterocycles. The maximum absolute atomic E-state index is 5.42. The van der Waals surface area contributed by atoms with Crippen LogP contribution < -0.4 is 9.47 Å². The second-order valence-corrected chi connectivity index (χ2v) is 6.87. The lowest BCUT2D eigenvalue weighted by molar-refractivity contribution is 0.411. The third-order valence-corrected chi connectivity index (χ3v) is 5.60. The van der Waals surface area contributed by atoms with Gasteiger partial charge in [0.1, 0.15) is 11.5 Å². The minimum atomic E-state index is 0.868. The van der Waals surface area contributed by atoms with Gasteiger partial charge in [-0.05, 0) is 69.2 Å². The van der Waals surface area contributed by atoms with Crippen molar-refractivity contribution < 1.29 is 9.47 Å². The molecule has 0 aromatic heterocycles. The average Bonchev–Trinajstić information content (AvgIpc) is 2.55. The number of hydrogen-bond acceptors (Lipinski definition) is 2. The van der Waals surface area contributed by atoms with E-state index in [1.807, 2.05) is 18.2 Å². The Morgan fingerprint density at radius 3 is 2.23 bits per heavy atom. The fourth-order valence-electron chi connectivity index (χ4n) is 2.81. The van der Waals surface area contributed by atoms with E-state index in [4.69, 9.17) is 9.47 Å². The standard InChI is InChI=1S/C18H16Br2O2/c1-21-12-5-3-11(4-6-12)17-13-8-10-16(22-2)18(20)14(13)7-9-15(17)19/h3-6,8,10H,7,9H2,1-2H3. The van der Waals surface area contributed by atoms with Crippen molar-refractivity contribution in [2.75, 3.05) is 14.2 Å². The summed E-state index contributed by atoms with van der Waals surface area (Å²) in [5, 5.41) is 0. The summed E-state index contributed by atoms with van der Waals surface area (Å²) < 4.78 is 13.0. The topological polar surface area (TPSA) is 18.5 Å². The Bertz CT molecular complexity index is 733. The fraction of sp³-hybridized carbons (Fsp3) is 0.222. The summed E-state index contributed by atoms with van der Waals surface area (Å²) in [6, 6.07) is 12.3. The van der Waals surface area contributed by atoms with Gasteiger partial charge >= 0.3 is 0 Å². The molecule has 0 fully saturated rings. The van der Waals surface area contributed by atoms with Gasteiger partial charge < -0.3 is 9.47 Å². The molecule has 0 atom stereocenters. The predicted molar refractivity (Wildman–Crippen MR) is 97.0 cm³/mol. The second-order valence-electron chi connectivity index (χ2n) is 5.12. The maximum atomic E-state index is 5.42. The Balaban J connectivity index is 2.14. The molecule has 0 unspecified atom stereocenters. The lowest BCUT2D eigenvalue weighted by Gasteiger charge is -2.23. The summed E-state index contributed by atoms with van der Waals surface area (Å²) >= 11 is 7.45. The number of methoxy groups -OCH3 is 2. The third kappa shape index (κ3) is 2.70. The molecule has 0 aliphatic heterocycles. The molecule has 1 aliphatic carbocycles. The van der Waals surface area contributed by atoms with Crippen LogP contribution in [0.4, 0.5) is 0 Å². The monoisotopic (exact) mass is 422 g/mol. The molecule has 0 N–H and O–H groups in total. The normalized spacial score (nSPS) is 13.8. The number of hydrogen-bond donors (Lipinski definition) is 0. The number of benzene rings is 2. The largest absolute Gasteiger partial charge is 0.497 e.